The molecule has 1 aromatic heterocycles. The van der Waals surface area contributed by atoms with Crippen LogP contribution in [-0.4, -0.2) is 52.5 Å². The summed E-state index contributed by atoms with van der Waals surface area (Å²) in [6, 6.07) is 1.05. The van der Waals surface area contributed by atoms with Crippen molar-refractivity contribution in [2.45, 2.75) is 64.1 Å². The number of hydrogen-bond donors (Lipinski definition) is 6. The minimum Gasteiger partial charge on any atom is -0.390 e. The lowest BCUT2D eigenvalue weighted by Crippen LogP contribution is -2.37. The van der Waals surface area contributed by atoms with Crippen LogP contribution < -0.4 is 11.2 Å². The topological polar surface area (TPSA) is 244 Å². The molecule has 0 radical (unpaired) electrons. The highest BCUT2D eigenvalue weighted by Crippen LogP contribution is 2.66. The molecule has 2 rings (SSSR count). The number of phosphoric acid groups is 3. The van der Waals surface area contributed by atoms with Crippen molar-refractivity contribution < 1.29 is 56.3 Å². The Morgan fingerprint density at radius 2 is 1.89 bits per heavy atom. The van der Waals surface area contributed by atoms with E-state index in [1.807, 2.05) is 11.9 Å². The van der Waals surface area contributed by atoms with E-state index in [9.17, 15) is 38.2 Å². The summed E-state index contributed by atoms with van der Waals surface area (Å²) in [6.45, 7) is 3.55. The molecule has 35 heavy (non-hydrogen) atoms. The summed E-state index contributed by atoms with van der Waals surface area (Å²) in [5, 5.41) is 10.6. The number of hydrogen-bond acceptors (Lipinski definition) is 10. The number of aliphatic hydroxyl groups is 1. The summed E-state index contributed by atoms with van der Waals surface area (Å²) < 4.78 is 54.1. The summed E-state index contributed by atoms with van der Waals surface area (Å²) in [5.41, 5.74) is -0.877. The van der Waals surface area contributed by atoms with Crippen molar-refractivity contribution in [1.29, 1.82) is 0 Å². The molecule has 0 aromatic carbocycles. The van der Waals surface area contributed by atoms with Crippen LogP contribution in [0.3, 0.4) is 0 Å². The second-order valence-corrected chi connectivity index (χ2v) is 12.0. The van der Waals surface area contributed by atoms with Crippen molar-refractivity contribution >= 4 is 23.5 Å². The first kappa shape index (κ1) is 30.0. The van der Waals surface area contributed by atoms with Crippen molar-refractivity contribution in [2.24, 2.45) is 0 Å². The number of nitrogens with zero attached hydrogens (tertiary/aromatic N) is 1. The molecule has 1 fully saturated rings. The number of nitrogens with one attached hydrogen (secondary N) is 1. The van der Waals surface area contributed by atoms with Crippen molar-refractivity contribution in [1.82, 2.24) is 9.55 Å². The van der Waals surface area contributed by atoms with Crippen LogP contribution >= 0.6 is 23.5 Å². The molecular weight excluding hydrogens is 537 g/mol. The van der Waals surface area contributed by atoms with E-state index < -0.39 is 59.3 Å². The second-order valence-electron chi connectivity index (χ2n) is 7.65. The highest BCUT2D eigenvalue weighted by atomic mass is 31.3. The van der Waals surface area contributed by atoms with Crippen LogP contribution in [0.1, 0.15) is 45.8 Å². The van der Waals surface area contributed by atoms with Gasteiger partial charge >= 0.3 is 29.2 Å². The maximum atomic E-state index is 12.4. The van der Waals surface area contributed by atoms with Crippen LogP contribution in [0.5, 0.6) is 0 Å². The van der Waals surface area contributed by atoms with Crippen molar-refractivity contribution in [2.75, 3.05) is 0 Å². The summed E-state index contributed by atoms with van der Waals surface area (Å²) in [5.74, 6) is 0. The van der Waals surface area contributed by atoms with E-state index in [2.05, 4.69) is 8.62 Å². The molecule has 0 saturated carbocycles. The number of aromatic amines is 1. The zero-order chi connectivity index (χ0) is 26.6. The van der Waals surface area contributed by atoms with Gasteiger partial charge in [-0.15, -0.1) is 0 Å². The van der Waals surface area contributed by atoms with Gasteiger partial charge in [0.25, 0.3) is 5.56 Å². The third kappa shape index (κ3) is 9.62. The molecule has 1 aliphatic rings. The average molecular weight is 564 g/mol. The van der Waals surface area contributed by atoms with Crippen LogP contribution in [0, 0.1) is 0 Å². The minimum absolute atomic E-state index is 0.141. The number of rotatable bonds is 12. The monoisotopic (exact) mass is 564 g/mol. The quantitative estimate of drug-likeness (QED) is 0.153. The Kier molecular flexibility index (Phi) is 10.2. The van der Waals surface area contributed by atoms with Gasteiger partial charge in [0.05, 0.1) is 6.10 Å². The third-order valence-electron chi connectivity index (χ3n) is 4.65. The van der Waals surface area contributed by atoms with Gasteiger partial charge in [0.1, 0.15) is 18.4 Å². The number of ether oxygens (including phenoxy) is 1. The fraction of sp³-hybridized carbons (Fsp3) is 0.625. The van der Waals surface area contributed by atoms with Gasteiger partial charge in [-0.05, 0) is 19.8 Å². The van der Waals surface area contributed by atoms with E-state index in [4.69, 9.17) is 19.0 Å². The lowest BCUT2D eigenvalue weighted by molar-refractivity contribution is -0.0799. The van der Waals surface area contributed by atoms with Gasteiger partial charge < -0.3 is 29.4 Å². The van der Waals surface area contributed by atoms with E-state index in [1.54, 1.807) is 13.0 Å². The molecule has 1 saturated heterocycles. The number of phosphoric ester groups is 1. The van der Waals surface area contributed by atoms with E-state index in [-0.39, 0.29) is 12.8 Å². The lowest BCUT2D eigenvalue weighted by Gasteiger charge is -2.28. The summed E-state index contributed by atoms with van der Waals surface area (Å²) in [6.07, 6.45) is -1.34. The maximum absolute atomic E-state index is 12.4. The normalized spacial score (nSPS) is 25.7. The van der Waals surface area contributed by atoms with Crippen LogP contribution in [0.25, 0.3) is 0 Å². The van der Waals surface area contributed by atoms with E-state index in [0.29, 0.717) is 12.0 Å². The molecule has 2 heterocycles. The minimum atomic E-state index is -5.76. The van der Waals surface area contributed by atoms with Gasteiger partial charge in [-0.3, -0.25) is 18.9 Å². The largest absolute Gasteiger partial charge is 0.490 e. The molecule has 19 heteroatoms. The molecule has 1 aromatic rings. The summed E-state index contributed by atoms with van der Waals surface area (Å²) in [4.78, 5) is 62.1. The average Bonchev–Trinajstić information content (AvgIpc) is 3.04. The molecule has 0 aliphatic carbocycles. The van der Waals surface area contributed by atoms with E-state index >= 15 is 0 Å². The smallest absolute Gasteiger partial charge is 0.390 e. The van der Waals surface area contributed by atoms with Crippen molar-refractivity contribution in [3.8, 4) is 0 Å². The molecule has 6 atom stereocenters. The lowest BCUT2D eigenvalue weighted by atomic mass is 10.0. The SMILES string of the molecule is CCCC=C(C)CC(OP(=O)(O)OP(=O)(O)OP(=O)(O)O)[C@H]1O[C@@H](n2ccc(=O)[nH]c2=O)C[C@@H]1O. The van der Waals surface area contributed by atoms with Gasteiger partial charge in [-0.25, -0.2) is 18.5 Å². The van der Waals surface area contributed by atoms with Gasteiger partial charge in [0.2, 0.25) is 0 Å². The Morgan fingerprint density at radius 1 is 1.23 bits per heavy atom. The fourth-order valence-corrected chi connectivity index (χ4v) is 6.51. The predicted molar refractivity (Wildman–Crippen MR) is 118 cm³/mol. The van der Waals surface area contributed by atoms with E-state index in [0.717, 1.165) is 23.3 Å². The summed E-state index contributed by atoms with van der Waals surface area (Å²) >= 11 is 0. The Bertz CT molecular complexity index is 1170. The third-order valence-corrected chi connectivity index (χ3v) is 8.52. The molecule has 0 spiro atoms. The Balaban J connectivity index is 2.30. The standard InChI is InChI=1S/C16H27N2O14P3/c1-3-4-5-10(2)8-12(30-34(25,26)32-35(27,28)31-33(22,23)24)15-11(19)9-14(29-15)18-7-6-13(20)17-16(18)21/h5-7,11-12,14-15,19H,3-4,8-9H2,1-2H3,(H,25,26)(H,27,28)(H,17,20,21)(H2,22,23,24)/t11-,12?,14+,15-/m0/s1. The molecule has 200 valence electrons. The van der Waals surface area contributed by atoms with Gasteiger partial charge in [0.15, 0.2) is 0 Å². The van der Waals surface area contributed by atoms with Crippen molar-refractivity contribution in [3.05, 3.63) is 44.8 Å². The molecule has 6 N–H and O–H groups in total. The number of aliphatic hydroxyl groups excluding tert-OH is 1. The molecule has 1 aliphatic heterocycles. The van der Waals surface area contributed by atoms with E-state index in [1.165, 1.54) is 0 Å². The van der Waals surface area contributed by atoms with Gasteiger partial charge in [-0.1, -0.05) is 25.0 Å². The number of H-pyrrole nitrogens is 1. The Hall–Kier alpha value is -1.25. The van der Waals surface area contributed by atoms with Crippen LogP contribution in [0.4, 0.5) is 0 Å². The van der Waals surface area contributed by atoms with Crippen molar-refractivity contribution in [3.63, 3.8) is 0 Å². The first-order valence-corrected chi connectivity index (χ1v) is 14.7. The molecule has 0 amide bonds. The predicted octanol–water partition coefficient (Wildman–Crippen LogP) is 1.03. The zero-order valence-corrected chi connectivity index (χ0v) is 21.3. The molecule has 16 nitrogen and oxygen atoms in total. The summed E-state index contributed by atoms with van der Waals surface area (Å²) in [7, 11) is -16.9. The highest BCUT2D eigenvalue weighted by Gasteiger charge is 2.47. The maximum Gasteiger partial charge on any atom is 0.490 e. The van der Waals surface area contributed by atoms with Crippen LogP contribution in [0.2, 0.25) is 0 Å². The Labute approximate surface area is 198 Å². The molecule has 3 unspecified atom stereocenters. The Morgan fingerprint density at radius 3 is 2.46 bits per heavy atom. The first-order valence-electron chi connectivity index (χ1n) is 10.1. The number of unbranched alkanes of at least 4 members (excludes halogenated alkanes) is 1. The molecular formula is C16H27N2O14P3. The van der Waals surface area contributed by atoms with Crippen LogP contribution in [0.15, 0.2) is 33.5 Å². The highest BCUT2D eigenvalue weighted by molar-refractivity contribution is 7.66. The second kappa shape index (κ2) is 11.9. The van der Waals surface area contributed by atoms with Crippen LogP contribution in [-0.2, 0) is 31.6 Å². The van der Waals surface area contributed by atoms with Gasteiger partial charge in [0, 0.05) is 18.7 Å². The van der Waals surface area contributed by atoms with Gasteiger partial charge in [-0.2, -0.15) is 8.62 Å². The first-order chi connectivity index (χ1) is 16.0. The number of aromatic nitrogens is 2. The fourth-order valence-electron chi connectivity index (χ4n) is 3.31. The number of allylic oxidation sites excluding steroid dienone is 1. The molecule has 0 bridgehead atoms. The zero-order valence-electron chi connectivity index (χ0n) is 18.6.